The lowest BCUT2D eigenvalue weighted by molar-refractivity contribution is 0.0950. The Bertz CT molecular complexity index is 658. The van der Waals surface area contributed by atoms with Gasteiger partial charge >= 0.3 is 0 Å². The average molecular weight is 303 g/mol. The van der Waals surface area contributed by atoms with Crippen molar-refractivity contribution in [1.82, 2.24) is 5.32 Å². The number of halogens is 1. The number of benzene rings is 2. The molecule has 0 fully saturated rings. The molecule has 1 amide bonds. The highest BCUT2D eigenvalue weighted by Gasteiger charge is 2.10. The van der Waals surface area contributed by atoms with Crippen LogP contribution < -0.4 is 14.8 Å². The van der Waals surface area contributed by atoms with Gasteiger partial charge in [-0.15, -0.1) is 0 Å². The van der Waals surface area contributed by atoms with Crippen LogP contribution in [0.25, 0.3) is 0 Å². The molecule has 0 aliphatic rings. The molecule has 2 aromatic carbocycles. The zero-order valence-electron chi connectivity index (χ0n) is 12.6. The average Bonchev–Trinajstić information content (AvgIpc) is 2.55. The summed E-state index contributed by atoms with van der Waals surface area (Å²) in [4.78, 5) is 11.9. The van der Waals surface area contributed by atoms with Crippen molar-refractivity contribution >= 4 is 5.91 Å². The molecule has 2 rings (SSSR count). The van der Waals surface area contributed by atoms with Crippen LogP contribution in [0.5, 0.6) is 11.5 Å². The summed E-state index contributed by atoms with van der Waals surface area (Å²) in [6, 6.07) is 11.5. The van der Waals surface area contributed by atoms with Gasteiger partial charge in [0.05, 0.1) is 19.8 Å². The molecule has 0 saturated heterocycles. The fraction of sp³-hybridized carbons (Fsp3) is 0.235. The van der Waals surface area contributed by atoms with Gasteiger partial charge in [0.15, 0.2) is 11.5 Å². The predicted octanol–water partition coefficient (Wildman–Crippen LogP) is 2.82. The molecule has 5 heteroatoms. The molecule has 0 aliphatic carbocycles. The van der Waals surface area contributed by atoms with Gasteiger partial charge in [-0.3, -0.25) is 4.79 Å². The second kappa shape index (κ2) is 7.45. The van der Waals surface area contributed by atoms with Crippen molar-refractivity contribution < 1.29 is 18.7 Å². The molecule has 1 N–H and O–H groups in total. The van der Waals surface area contributed by atoms with Crippen LogP contribution in [-0.2, 0) is 6.42 Å². The largest absolute Gasteiger partial charge is 0.493 e. The lowest BCUT2D eigenvalue weighted by Gasteiger charge is -2.10. The zero-order chi connectivity index (χ0) is 15.9. The molecular weight excluding hydrogens is 285 g/mol. The molecule has 0 aliphatic heterocycles. The number of carbonyl (C=O) groups excluding carboxylic acids is 1. The van der Waals surface area contributed by atoms with E-state index in [9.17, 15) is 9.18 Å². The monoisotopic (exact) mass is 303 g/mol. The van der Waals surface area contributed by atoms with Crippen LogP contribution in [0.15, 0.2) is 42.5 Å². The number of carbonyl (C=O) groups is 1. The summed E-state index contributed by atoms with van der Waals surface area (Å²) in [6.45, 7) is 0.405. The van der Waals surface area contributed by atoms with Gasteiger partial charge in [-0.25, -0.2) is 4.39 Å². The van der Waals surface area contributed by atoms with Crippen LogP contribution in [0, 0.1) is 5.82 Å². The maximum absolute atomic E-state index is 13.5. The molecule has 116 valence electrons. The SMILES string of the molecule is COc1ccc(CCNC(=O)c2ccccc2F)cc1OC. The third-order valence-corrected chi connectivity index (χ3v) is 3.27. The molecule has 0 heterocycles. The first-order chi connectivity index (χ1) is 10.7. The molecule has 4 nitrogen and oxygen atoms in total. The third-order valence-electron chi connectivity index (χ3n) is 3.27. The highest BCUT2D eigenvalue weighted by Crippen LogP contribution is 2.27. The van der Waals surface area contributed by atoms with Gasteiger partial charge < -0.3 is 14.8 Å². The highest BCUT2D eigenvalue weighted by molar-refractivity contribution is 5.94. The maximum atomic E-state index is 13.5. The quantitative estimate of drug-likeness (QED) is 0.892. The van der Waals surface area contributed by atoms with Crippen LogP contribution >= 0.6 is 0 Å². The van der Waals surface area contributed by atoms with Crippen molar-refractivity contribution in [3.05, 3.63) is 59.4 Å². The van der Waals surface area contributed by atoms with Crippen molar-refractivity contribution in [3.8, 4) is 11.5 Å². The summed E-state index contributed by atoms with van der Waals surface area (Å²) in [7, 11) is 3.15. The van der Waals surface area contributed by atoms with E-state index in [0.717, 1.165) is 5.56 Å². The normalized spacial score (nSPS) is 10.1. The molecule has 0 radical (unpaired) electrons. The third kappa shape index (κ3) is 3.75. The van der Waals surface area contributed by atoms with Crippen LogP contribution in [0.1, 0.15) is 15.9 Å². The van der Waals surface area contributed by atoms with E-state index in [2.05, 4.69) is 5.32 Å². The van der Waals surface area contributed by atoms with Gasteiger partial charge in [-0.05, 0) is 36.2 Å². The van der Waals surface area contributed by atoms with E-state index in [-0.39, 0.29) is 5.56 Å². The smallest absolute Gasteiger partial charge is 0.254 e. The van der Waals surface area contributed by atoms with E-state index in [1.54, 1.807) is 26.4 Å². The Hall–Kier alpha value is -2.56. The van der Waals surface area contributed by atoms with E-state index < -0.39 is 11.7 Å². The number of hydrogen-bond donors (Lipinski definition) is 1. The predicted molar refractivity (Wildman–Crippen MR) is 82.0 cm³/mol. The summed E-state index contributed by atoms with van der Waals surface area (Å²) < 4.78 is 23.9. The first-order valence-corrected chi connectivity index (χ1v) is 6.89. The summed E-state index contributed by atoms with van der Waals surface area (Å²) in [5.41, 5.74) is 1.04. The molecule has 0 bridgehead atoms. The Labute approximate surface area is 128 Å². The Morgan fingerprint density at radius 2 is 1.82 bits per heavy atom. The molecule has 0 atom stereocenters. The van der Waals surface area contributed by atoms with Crippen molar-refractivity contribution in [1.29, 1.82) is 0 Å². The summed E-state index contributed by atoms with van der Waals surface area (Å²) in [5.74, 6) is 0.353. The van der Waals surface area contributed by atoms with E-state index >= 15 is 0 Å². The minimum absolute atomic E-state index is 0.0508. The number of methoxy groups -OCH3 is 2. The number of ether oxygens (including phenoxy) is 2. The maximum Gasteiger partial charge on any atom is 0.254 e. The fourth-order valence-corrected chi connectivity index (χ4v) is 2.10. The Kier molecular flexibility index (Phi) is 5.36. The van der Waals surface area contributed by atoms with E-state index in [0.29, 0.717) is 24.5 Å². The molecule has 2 aromatic rings. The summed E-state index contributed by atoms with van der Waals surface area (Å²) in [6.07, 6.45) is 0.612. The van der Waals surface area contributed by atoms with Gasteiger partial charge in [0.25, 0.3) is 5.91 Å². The van der Waals surface area contributed by atoms with Crippen LogP contribution in [0.3, 0.4) is 0 Å². The van der Waals surface area contributed by atoms with Gasteiger partial charge in [-0.2, -0.15) is 0 Å². The minimum atomic E-state index is -0.522. The Morgan fingerprint density at radius 1 is 1.09 bits per heavy atom. The lowest BCUT2D eigenvalue weighted by atomic mass is 10.1. The molecule has 22 heavy (non-hydrogen) atoms. The van der Waals surface area contributed by atoms with Gasteiger partial charge in [-0.1, -0.05) is 18.2 Å². The van der Waals surface area contributed by atoms with Crippen molar-refractivity contribution in [3.63, 3.8) is 0 Å². The topological polar surface area (TPSA) is 47.6 Å². The molecule has 0 aromatic heterocycles. The Morgan fingerprint density at radius 3 is 2.50 bits per heavy atom. The fourth-order valence-electron chi connectivity index (χ4n) is 2.10. The molecular formula is C17H18FNO3. The minimum Gasteiger partial charge on any atom is -0.493 e. The van der Waals surface area contributed by atoms with Gasteiger partial charge in [0, 0.05) is 6.54 Å². The number of rotatable bonds is 6. The molecule has 0 unspecified atom stereocenters. The van der Waals surface area contributed by atoms with Crippen molar-refractivity contribution in [2.45, 2.75) is 6.42 Å². The summed E-state index contributed by atoms with van der Waals surface area (Å²) in [5, 5.41) is 2.70. The number of nitrogens with one attached hydrogen (secondary N) is 1. The van der Waals surface area contributed by atoms with E-state index in [1.807, 2.05) is 18.2 Å². The molecule has 0 saturated carbocycles. The van der Waals surface area contributed by atoms with Crippen molar-refractivity contribution in [2.24, 2.45) is 0 Å². The number of hydrogen-bond acceptors (Lipinski definition) is 3. The van der Waals surface area contributed by atoms with Gasteiger partial charge in [0.1, 0.15) is 5.82 Å². The molecule has 0 spiro atoms. The van der Waals surface area contributed by atoms with Crippen LogP contribution in [-0.4, -0.2) is 26.7 Å². The van der Waals surface area contributed by atoms with E-state index in [4.69, 9.17) is 9.47 Å². The standard InChI is InChI=1S/C17H18FNO3/c1-21-15-8-7-12(11-16(15)22-2)9-10-19-17(20)13-5-3-4-6-14(13)18/h3-8,11H,9-10H2,1-2H3,(H,19,20). The van der Waals surface area contributed by atoms with Gasteiger partial charge in [0.2, 0.25) is 0 Å². The summed E-state index contributed by atoms with van der Waals surface area (Å²) >= 11 is 0. The first-order valence-electron chi connectivity index (χ1n) is 6.89. The Balaban J connectivity index is 1.94. The second-order valence-corrected chi connectivity index (χ2v) is 4.68. The zero-order valence-corrected chi connectivity index (χ0v) is 12.6. The van der Waals surface area contributed by atoms with Crippen LogP contribution in [0.2, 0.25) is 0 Å². The second-order valence-electron chi connectivity index (χ2n) is 4.68. The van der Waals surface area contributed by atoms with Crippen LogP contribution in [0.4, 0.5) is 4.39 Å². The number of amides is 1. The first kappa shape index (κ1) is 15.8. The lowest BCUT2D eigenvalue weighted by Crippen LogP contribution is -2.26. The highest BCUT2D eigenvalue weighted by atomic mass is 19.1. The van der Waals surface area contributed by atoms with Crippen molar-refractivity contribution in [2.75, 3.05) is 20.8 Å². The van der Waals surface area contributed by atoms with E-state index in [1.165, 1.54) is 12.1 Å².